The largest absolute Gasteiger partial charge is 0.352 e. The Morgan fingerprint density at radius 3 is 2.60 bits per heavy atom. The van der Waals surface area contributed by atoms with Gasteiger partial charge in [-0.15, -0.1) is 0 Å². The summed E-state index contributed by atoms with van der Waals surface area (Å²) in [4.78, 5) is 11.3. The summed E-state index contributed by atoms with van der Waals surface area (Å²) < 4.78 is 1.06. The smallest absolute Gasteiger partial charge is 0.229 e. The number of rotatable bonds is 6. The van der Waals surface area contributed by atoms with Gasteiger partial charge < -0.3 is 10.2 Å². The number of nitrogens with one attached hydrogen (secondary N) is 1. The average molecular weight is 397 g/mol. The molecule has 25 heavy (non-hydrogen) atoms. The van der Waals surface area contributed by atoms with E-state index in [9.17, 15) is 0 Å². The van der Waals surface area contributed by atoms with Crippen molar-refractivity contribution in [1.82, 2.24) is 9.97 Å². The van der Waals surface area contributed by atoms with Crippen LogP contribution in [0, 0.1) is 6.92 Å². The van der Waals surface area contributed by atoms with Crippen LogP contribution in [0.5, 0.6) is 0 Å². The molecule has 1 N–H and O–H groups in total. The van der Waals surface area contributed by atoms with Gasteiger partial charge in [-0.3, -0.25) is 0 Å². The molecule has 0 atom stereocenters. The van der Waals surface area contributed by atoms with E-state index in [2.05, 4.69) is 80.3 Å². The van der Waals surface area contributed by atoms with Crippen LogP contribution in [0.15, 0.2) is 65.3 Å². The highest BCUT2D eigenvalue weighted by Crippen LogP contribution is 2.23. The summed E-state index contributed by atoms with van der Waals surface area (Å²) >= 11 is 3.56. The molecule has 0 saturated carbocycles. The Balaban J connectivity index is 1.78. The number of hydrogen-bond acceptors (Lipinski definition) is 4. The number of nitrogens with zero attached hydrogens (tertiary/aromatic N) is 3. The molecule has 0 unspecified atom stereocenters. The number of aromatic nitrogens is 2. The maximum absolute atomic E-state index is 4.68. The van der Waals surface area contributed by atoms with Crippen molar-refractivity contribution in [3.63, 3.8) is 0 Å². The summed E-state index contributed by atoms with van der Waals surface area (Å²) in [7, 11) is 0. The van der Waals surface area contributed by atoms with Gasteiger partial charge >= 0.3 is 0 Å². The van der Waals surface area contributed by atoms with E-state index in [1.807, 2.05) is 24.3 Å². The van der Waals surface area contributed by atoms with Gasteiger partial charge in [-0.05, 0) is 43.2 Å². The second kappa shape index (κ2) is 8.12. The lowest BCUT2D eigenvalue weighted by Gasteiger charge is -2.22. The number of hydrogen-bond donors (Lipinski definition) is 1. The van der Waals surface area contributed by atoms with Crippen LogP contribution in [0.4, 0.5) is 17.5 Å². The highest BCUT2D eigenvalue weighted by molar-refractivity contribution is 9.10. The molecule has 0 bridgehead atoms. The molecule has 128 valence electrons. The third-order valence-corrected chi connectivity index (χ3v) is 4.85. The maximum atomic E-state index is 4.68. The zero-order chi connectivity index (χ0) is 17.6. The van der Waals surface area contributed by atoms with Gasteiger partial charge in [0.2, 0.25) is 5.95 Å². The standard InChI is InChI=1S/C20H21BrN4/c1-3-25(14-16-7-5-4-6-8-16)19-11-12-22-20(24-19)23-17-10-9-15(2)18(21)13-17/h4-13H,3,14H2,1-2H3,(H,22,23,24). The highest BCUT2D eigenvalue weighted by Gasteiger charge is 2.09. The van der Waals surface area contributed by atoms with Gasteiger partial charge in [0.1, 0.15) is 5.82 Å². The van der Waals surface area contributed by atoms with Gasteiger partial charge in [0, 0.05) is 29.4 Å². The molecule has 0 fully saturated rings. The van der Waals surface area contributed by atoms with Crippen LogP contribution in [0.3, 0.4) is 0 Å². The van der Waals surface area contributed by atoms with Crippen LogP contribution >= 0.6 is 15.9 Å². The molecule has 0 aliphatic carbocycles. The van der Waals surface area contributed by atoms with E-state index in [1.165, 1.54) is 11.1 Å². The fraction of sp³-hybridized carbons (Fsp3) is 0.200. The molecule has 3 aromatic rings. The molecule has 1 aromatic heterocycles. The van der Waals surface area contributed by atoms with Crippen molar-refractivity contribution in [2.45, 2.75) is 20.4 Å². The van der Waals surface area contributed by atoms with Crippen LogP contribution < -0.4 is 10.2 Å². The first kappa shape index (κ1) is 17.4. The van der Waals surface area contributed by atoms with Gasteiger partial charge in [-0.1, -0.05) is 52.3 Å². The van der Waals surface area contributed by atoms with Crippen LogP contribution in [0.25, 0.3) is 0 Å². The van der Waals surface area contributed by atoms with E-state index in [-0.39, 0.29) is 0 Å². The second-order valence-corrected chi connectivity index (χ2v) is 6.68. The quantitative estimate of drug-likeness (QED) is 0.612. The second-order valence-electron chi connectivity index (χ2n) is 5.83. The third kappa shape index (κ3) is 4.57. The molecule has 0 spiro atoms. The first-order valence-electron chi connectivity index (χ1n) is 8.31. The molecule has 0 aliphatic heterocycles. The lowest BCUT2D eigenvalue weighted by atomic mass is 10.2. The third-order valence-electron chi connectivity index (χ3n) is 3.99. The maximum Gasteiger partial charge on any atom is 0.229 e. The van der Waals surface area contributed by atoms with Crippen molar-refractivity contribution in [2.75, 3.05) is 16.8 Å². The van der Waals surface area contributed by atoms with Gasteiger partial charge in [-0.2, -0.15) is 4.98 Å². The van der Waals surface area contributed by atoms with Crippen LogP contribution in [-0.2, 0) is 6.54 Å². The summed E-state index contributed by atoms with van der Waals surface area (Å²) in [6.45, 7) is 5.90. The fourth-order valence-electron chi connectivity index (χ4n) is 2.54. The van der Waals surface area contributed by atoms with Crippen molar-refractivity contribution in [1.29, 1.82) is 0 Å². The van der Waals surface area contributed by atoms with Gasteiger partial charge in [0.25, 0.3) is 0 Å². The van der Waals surface area contributed by atoms with Crippen molar-refractivity contribution < 1.29 is 0 Å². The number of halogens is 1. The minimum absolute atomic E-state index is 0.597. The Kier molecular flexibility index (Phi) is 5.66. The zero-order valence-corrected chi connectivity index (χ0v) is 16.0. The SMILES string of the molecule is CCN(Cc1ccccc1)c1ccnc(Nc2ccc(C)c(Br)c2)n1. The summed E-state index contributed by atoms with van der Waals surface area (Å²) in [5, 5.41) is 3.28. The highest BCUT2D eigenvalue weighted by atomic mass is 79.9. The molecule has 3 rings (SSSR count). The van der Waals surface area contributed by atoms with Crippen LogP contribution in [0.2, 0.25) is 0 Å². The Hall–Kier alpha value is -2.40. The van der Waals surface area contributed by atoms with Crippen molar-refractivity contribution in [3.8, 4) is 0 Å². The monoisotopic (exact) mass is 396 g/mol. The topological polar surface area (TPSA) is 41.1 Å². The molecular weight excluding hydrogens is 376 g/mol. The normalized spacial score (nSPS) is 10.5. The van der Waals surface area contributed by atoms with E-state index >= 15 is 0 Å². The molecule has 0 aliphatic rings. The van der Waals surface area contributed by atoms with Crippen molar-refractivity contribution in [3.05, 3.63) is 76.4 Å². The Morgan fingerprint density at radius 1 is 1.08 bits per heavy atom. The predicted octanol–water partition coefficient (Wildman–Crippen LogP) is 5.32. The van der Waals surface area contributed by atoms with Gasteiger partial charge in [-0.25, -0.2) is 4.98 Å². The molecule has 0 radical (unpaired) electrons. The molecule has 5 heteroatoms. The Bertz CT molecular complexity index is 836. The summed E-state index contributed by atoms with van der Waals surface area (Å²) in [5.41, 5.74) is 3.42. The summed E-state index contributed by atoms with van der Waals surface area (Å²) in [5.74, 6) is 1.51. The Labute approximate surface area is 157 Å². The molecule has 0 amide bonds. The van der Waals surface area contributed by atoms with Gasteiger partial charge in [0.05, 0.1) is 0 Å². The molecule has 0 saturated heterocycles. The van der Waals surface area contributed by atoms with E-state index < -0.39 is 0 Å². The van der Waals surface area contributed by atoms with E-state index in [0.29, 0.717) is 5.95 Å². The van der Waals surface area contributed by atoms with Gasteiger partial charge in [0.15, 0.2) is 0 Å². The minimum Gasteiger partial charge on any atom is -0.352 e. The average Bonchev–Trinajstić information content (AvgIpc) is 2.64. The fourth-order valence-corrected chi connectivity index (χ4v) is 2.92. The number of benzene rings is 2. The lowest BCUT2D eigenvalue weighted by Crippen LogP contribution is -2.23. The van der Waals surface area contributed by atoms with Crippen molar-refractivity contribution in [2.24, 2.45) is 0 Å². The molecule has 2 aromatic carbocycles. The zero-order valence-electron chi connectivity index (χ0n) is 14.4. The Morgan fingerprint density at radius 2 is 1.88 bits per heavy atom. The molecule has 4 nitrogen and oxygen atoms in total. The van der Waals surface area contributed by atoms with E-state index in [4.69, 9.17) is 0 Å². The summed E-state index contributed by atoms with van der Waals surface area (Å²) in [6.07, 6.45) is 1.79. The summed E-state index contributed by atoms with van der Waals surface area (Å²) in [6, 6.07) is 18.5. The number of anilines is 3. The lowest BCUT2D eigenvalue weighted by molar-refractivity contribution is 0.811. The van der Waals surface area contributed by atoms with E-state index in [1.54, 1.807) is 6.20 Å². The first-order valence-corrected chi connectivity index (χ1v) is 9.10. The molecular formula is C20H21BrN4. The van der Waals surface area contributed by atoms with Crippen LogP contribution in [-0.4, -0.2) is 16.5 Å². The minimum atomic E-state index is 0.597. The predicted molar refractivity (Wildman–Crippen MR) is 107 cm³/mol. The number of aryl methyl sites for hydroxylation is 1. The first-order chi connectivity index (χ1) is 12.2. The van der Waals surface area contributed by atoms with Crippen LogP contribution in [0.1, 0.15) is 18.1 Å². The van der Waals surface area contributed by atoms with Crippen molar-refractivity contribution >= 4 is 33.4 Å². The van der Waals surface area contributed by atoms with E-state index in [0.717, 1.165) is 29.1 Å². The molecule has 1 heterocycles.